The minimum atomic E-state index is 0.289. The van der Waals surface area contributed by atoms with Crippen molar-refractivity contribution in [3.63, 3.8) is 0 Å². The van der Waals surface area contributed by atoms with Crippen LogP contribution in [-0.2, 0) is 4.79 Å². The molecule has 2 nitrogen and oxygen atoms in total. The Hall–Kier alpha value is -0.530. The molecule has 1 fully saturated rings. The molecule has 0 N–H and O–H groups in total. The van der Waals surface area contributed by atoms with Crippen molar-refractivity contribution in [2.24, 2.45) is 0 Å². The van der Waals surface area contributed by atoms with Crippen LogP contribution in [0.5, 0.6) is 0 Å². The van der Waals surface area contributed by atoms with Crippen LogP contribution in [0.1, 0.15) is 19.8 Å². The highest BCUT2D eigenvalue weighted by Gasteiger charge is 2.22. The molecule has 0 radical (unpaired) electrons. The van der Waals surface area contributed by atoms with Crippen molar-refractivity contribution in [1.82, 2.24) is 4.90 Å². The van der Waals surface area contributed by atoms with Crippen molar-refractivity contribution < 1.29 is 4.79 Å². The predicted molar refractivity (Wildman–Crippen MR) is 31.5 cm³/mol. The SMILES string of the molecule is C[C@@H]1CCC(=O)N1C. The molecule has 1 heterocycles. The quantitative estimate of drug-likeness (QED) is 0.451. The highest BCUT2D eigenvalue weighted by molar-refractivity contribution is 5.78. The Morgan fingerprint density at radius 3 is 2.50 bits per heavy atom. The average Bonchev–Trinajstić information content (AvgIpc) is 1.98. The number of nitrogens with zero attached hydrogens (tertiary/aromatic N) is 1. The van der Waals surface area contributed by atoms with Crippen LogP contribution in [0.2, 0.25) is 0 Å². The van der Waals surface area contributed by atoms with Crippen LogP contribution in [-0.4, -0.2) is 23.9 Å². The van der Waals surface area contributed by atoms with E-state index >= 15 is 0 Å². The van der Waals surface area contributed by atoms with Crippen LogP contribution in [0.25, 0.3) is 0 Å². The van der Waals surface area contributed by atoms with Gasteiger partial charge in [0.25, 0.3) is 0 Å². The second-order valence-corrected chi connectivity index (χ2v) is 2.39. The first-order valence-electron chi connectivity index (χ1n) is 2.97. The fraction of sp³-hybridized carbons (Fsp3) is 0.833. The Bertz CT molecular complexity index is 111. The molecule has 8 heavy (non-hydrogen) atoms. The highest BCUT2D eigenvalue weighted by atomic mass is 16.2. The summed E-state index contributed by atoms with van der Waals surface area (Å²) in [6.45, 7) is 2.07. The van der Waals surface area contributed by atoms with Gasteiger partial charge in [-0.25, -0.2) is 0 Å². The number of amides is 1. The van der Waals surface area contributed by atoms with Crippen LogP contribution in [0, 0.1) is 0 Å². The molecule has 1 rings (SSSR count). The van der Waals surface area contributed by atoms with E-state index in [0.29, 0.717) is 6.04 Å². The van der Waals surface area contributed by atoms with Crippen molar-refractivity contribution in [1.29, 1.82) is 0 Å². The van der Waals surface area contributed by atoms with Crippen molar-refractivity contribution in [3.8, 4) is 0 Å². The van der Waals surface area contributed by atoms with Crippen molar-refractivity contribution in [2.75, 3.05) is 7.05 Å². The van der Waals surface area contributed by atoms with Gasteiger partial charge in [0.15, 0.2) is 0 Å². The lowest BCUT2D eigenvalue weighted by atomic mass is 10.2. The predicted octanol–water partition coefficient (Wildman–Crippen LogP) is 0.627. The van der Waals surface area contributed by atoms with Crippen LogP contribution < -0.4 is 0 Å². The summed E-state index contributed by atoms with van der Waals surface area (Å²) in [5.74, 6) is 0.289. The lowest BCUT2D eigenvalue weighted by Crippen LogP contribution is -2.25. The van der Waals surface area contributed by atoms with Crippen molar-refractivity contribution in [2.45, 2.75) is 25.8 Å². The monoisotopic (exact) mass is 113 g/mol. The van der Waals surface area contributed by atoms with Gasteiger partial charge in [-0.3, -0.25) is 4.79 Å². The first-order valence-corrected chi connectivity index (χ1v) is 2.97. The van der Waals surface area contributed by atoms with E-state index in [2.05, 4.69) is 6.92 Å². The van der Waals surface area contributed by atoms with Crippen LogP contribution >= 0.6 is 0 Å². The average molecular weight is 113 g/mol. The summed E-state index contributed by atoms with van der Waals surface area (Å²) in [4.78, 5) is 12.5. The van der Waals surface area contributed by atoms with E-state index < -0.39 is 0 Å². The molecule has 0 saturated carbocycles. The fourth-order valence-corrected chi connectivity index (χ4v) is 0.948. The minimum Gasteiger partial charge on any atom is -0.343 e. The molecule has 46 valence electrons. The summed E-state index contributed by atoms with van der Waals surface area (Å²) in [7, 11) is 1.86. The third kappa shape index (κ3) is 0.703. The second-order valence-electron chi connectivity index (χ2n) is 2.39. The molecule has 0 spiro atoms. The topological polar surface area (TPSA) is 20.3 Å². The summed E-state index contributed by atoms with van der Waals surface area (Å²) < 4.78 is 0. The van der Waals surface area contributed by atoms with E-state index in [4.69, 9.17) is 0 Å². The number of carbonyl (C=O) groups is 1. The lowest BCUT2D eigenvalue weighted by Gasteiger charge is -2.13. The van der Waals surface area contributed by atoms with Gasteiger partial charge in [-0.1, -0.05) is 0 Å². The molecule has 0 aromatic heterocycles. The van der Waals surface area contributed by atoms with E-state index in [1.54, 1.807) is 4.90 Å². The molecule has 2 heteroatoms. The number of likely N-dealkylation sites (tertiary alicyclic amines) is 1. The molecule has 0 aliphatic carbocycles. The lowest BCUT2D eigenvalue weighted by molar-refractivity contribution is -0.127. The molecule has 1 saturated heterocycles. The highest BCUT2D eigenvalue weighted by Crippen LogP contribution is 2.14. The summed E-state index contributed by atoms with van der Waals surface area (Å²) in [6, 6.07) is 0.475. The Balaban J connectivity index is 2.56. The van der Waals surface area contributed by atoms with Gasteiger partial charge in [0.2, 0.25) is 5.91 Å². The third-order valence-corrected chi connectivity index (χ3v) is 1.83. The molecular weight excluding hydrogens is 102 g/mol. The zero-order valence-corrected chi connectivity index (χ0v) is 5.35. The number of rotatable bonds is 0. The molecule has 0 unspecified atom stereocenters. The first-order chi connectivity index (χ1) is 3.72. The first kappa shape index (κ1) is 5.60. The molecule has 0 bridgehead atoms. The molecule has 0 aromatic rings. The molecule has 1 aliphatic heterocycles. The molecule has 1 amide bonds. The normalized spacial score (nSPS) is 29.5. The maximum atomic E-state index is 10.7. The van der Waals surface area contributed by atoms with Gasteiger partial charge in [-0.15, -0.1) is 0 Å². The van der Waals surface area contributed by atoms with E-state index in [0.717, 1.165) is 12.8 Å². The maximum absolute atomic E-state index is 10.7. The zero-order chi connectivity index (χ0) is 6.15. The van der Waals surface area contributed by atoms with Gasteiger partial charge in [-0.05, 0) is 13.3 Å². The number of carbonyl (C=O) groups excluding carboxylic acids is 1. The minimum absolute atomic E-state index is 0.289. The van der Waals surface area contributed by atoms with Gasteiger partial charge < -0.3 is 4.90 Å². The van der Waals surface area contributed by atoms with E-state index in [1.165, 1.54) is 0 Å². The number of hydrogen-bond acceptors (Lipinski definition) is 1. The number of hydrogen-bond donors (Lipinski definition) is 0. The van der Waals surface area contributed by atoms with Gasteiger partial charge >= 0.3 is 0 Å². The summed E-state index contributed by atoms with van der Waals surface area (Å²) in [5, 5.41) is 0. The van der Waals surface area contributed by atoms with E-state index in [1.807, 2.05) is 7.05 Å². The molecule has 0 aromatic carbocycles. The Kier molecular flexibility index (Phi) is 1.24. The summed E-state index contributed by atoms with van der Waals surface area (Å²) >= 11 is 0. The largest absolute Gasteiger partial charge is 0.343 e. The zero-order valence-electron chi connectivity index (χ0n) is 5.35. The molecule has 1 aliphatic rings. The van der Waals surface area contributed by atoms with Crippen molar-refractivity contribution in [3.05, 3.63) is 0 Å². The Labute approximate surface area is 49.5 Å². The second kappa shape index (κ2) is 1.77. The fourth-order valence-electron chi connectivity index (χ4n) is 0.948. The maximum Gasteiger partial charge on any atom is 0.222 e. The standard InChI is InChI=1S/C6H11NO/c1-5-3-4-6(8)7(5)2/h5H,3-4H2,1-2H3/t5-/m1/s1. The molecular formula is C6H11NO. The Morgan fingerprint density at radius 1 is 1.75 bits per heavy atom. The van der Waals surface area contributed by atoms with Crippen LogP contribution in [0.4, 0.5) is 0 Å². The summed E-state index contributed by atoms with van der Waals surface area (Å²) in [5.41, 5.74) is 0. The third-order valence-electron chi connectivity index (χ3n) is 1.83. The van der Waals surface area contributed by atoms with Crippen LogP contribution in [0.15, 0.2) is 0 Å². The van der Waals surface area contributed by atoms with Gasteiger partial charge in [0.1, 0.15) is 0 Å². The molecule has 1 atom stereocenters. The van der Waals surface area contributed by atoms with Gasteiger partial charge in [0.05, 0.1) is 0 Å². The Morgan fingerprint density at radius 2 is 2.38 bits per heavy atom. The van der Waals surface area contributed by atoms with Crippen molar-refractivity contribution >= 4 is 5.91 Å². The van der Waals surface area contributed by atoms with E-state index in [9.17, 15) is 4.79 Å². The van der Waals surface area contributed by atoms with E-state index in [-0.39, 0.29) is 5.91 Å². The summed E-state index contributed by atoms with van der Waals surface area (Å²) in [6.07, 6.45) is 1.78. The van der Waals surface area contributed by atoms with Gasteiger partial charge in [0, 0.05) is 19.5 Å². The van der Waals surface area contributed by atoms with Crippen LogP contribution in [0.3, 0.4) is 0 Å². The van der Waals surface area contributed by atoms with Gasteiger partial charge in [-0.2, -0.15) is 0 Å². The smallest absolute Gasteiger partial charge is 0.222 e.